The van der Waals surface area contributed by atoms with E-state index in [1.165, 1.54) is 5.56 Å². The van der Waals surface area contributed by atoms with Gasteiger partial charge in [-0.15, -0.1) is 0 Å². The molecule has 0 radical (unpaired) electrons. The van der Waals surface area contributed by atoms with Gasteiger partial charge >= 0.3 is 0 Å². The van der Waals surface area contributed by atoms with Crippen LogP contribution in [0, 0.1) is 11.3 Å². The first-order valence-electron chi connectivity index (χ1n) is 7.92. The smallest absolute Gasteiger partial charge is 0.0995 e. The van der Waals surface area contributed by atoms with E-state index in [-0.39, 0.29) is 0 Å². The van der Waals surface area contributed by atoms with E-state index < -0.39 is 0 Å². The van der Waals surface area contributed by atoms with Gasteiger partial charge in [-0.05, 0) is 29.3 Å². The van der Waals surface area contributed by atoms with Crippen LogP contribution in [0.4, 0.5) is 0 Å². The molecule has 4 heteroatoms. The molecular weight excluding hydrogens is 306 g/mol. The zero-order valence-corrected chi connectivity index (χ0v) is 13.8. The number of piperazine rings is 1. The van der Waals surface area contributed by atoms with E-state index in [9.17, 15) is 5.26 Å². The van der Waals surface area contributed by atoms with Crippen molar-refractivity contribution in [2.45, 2.75) is 13.1 Å². The van der Waals surface area contributed by atoms with Gasteiger partial charge in [-0.1, -0.05) is 41.9 Å². The van der Waals surface area contributed by atoms with Gasteiger partial charge in [0, 0.05) is 44.3 Å². The minimum absolute atomic E-state index is 0.786. The Bertz CT molecular complexity index is 700. The molecule has 1 aliphatic rings. The van der Waals surface area contributed by atoms with E-state index in [1.54, 1.807) is 0 Å². The molecule has 118 valence electrons. The van der Waals surface area contributed by atoms with Gasteiger partial charge in [-0.2, -0.15) is 5.26 Å². The Morgan fingerprint density at radius 2 is 1.61 bits per heavy atom. The summed E-state index contributed by atoms with van der Waals surface area (Å²) in [5.74, 6) is 0. The Morgan fingerprint density at radius 1 is 0.913 bits per heavy atom. The molecule has 0 saturated carbocycles. The molecule has 2 aromatic carbocycles. The molecule has 0 aliphatic carbocycles. The first kappa shape index (κ1) is 16.0. The molecule has 3 nitrogen and oxygen atoms in total. The topological polar surface area (TPSA) is 30.3 Å². The van der Waals surface area contributed by atoms with Gasteiger partial charge < -0.3 is 0 Å². The first-order chi connectivity index (χ1) is 11.2. The Morgan fingerprint density at radius 3 is 2.30 bits per heavy atom. The van der Waals surface area contributed by atoms with Crippen LogP contribution in [-0.2, 0) is 13.1 Å². The molecule has 1 heterocycles. The van der Waals surface area contributed by atoms with Crippen LogP contribution in [0.3, 0.4) is 0 Å². The van der Waals surface area contributed by atoms with Gasteiger partial charge in [0.1, 0.15) is 0 Å². The molecule has 0 amide bonds. The molecule has 1 aliphatic heterocycles. The van der Waals surface area contributed by atoms with Crippen molar-refractivity contribution in [1.29, 1.82) is 5.26 Å². The van der Waals surface area contributed by atoms with Gasteiger partial charge in [0.05, 0.1) is 11.6 Å². The highest BCUT2D eigenvalue weighted by Gasteiger charge is 2.18. The van der Waals surface area contributed by atoms with E-state index in [4.69, 9.17) is 11.6 Å². The highest BCUT2D eigenvalue weighted by Crippen LogP contribution is 2.16. The Balaban J connectivity index is 1.53. The summed E-state index contributed by atoms with van der Waals surface area (Å²) in [7, 11) is 0. The molecule has 0 aromatic heterocycles. The maximum atomic E-state index is 9.19. The van der Waals surface area contributed by atoms with Gasteiger partial charge in [0.25, 0.3) is 0 Å². The monoisotopic (exact) mass is 325 g/mol. The molecular formula is C19H20ClN3. The van der Waals surface area contributed by atoms with Crippen molar-refractivity contribution in [2.24, 2.45) is 0 Å². The maximum Gasteiger partial charge on any atom is 0.0995 e. The van der Waals surface area contributed by atoms with E-state index >= 15 is 0 Å². The summed E-state index contributed by atoms with van der Waals surface area (Å²) in [6.07, 6.45) is 0. The number of hydrogen-bond donors (Lipinski definition) is 0. The third-order valence-electron chi connectivity index (χ3n) is 4.29. The van der Waals surface area contributed by atoms with Crippen LogP contribution in [0.2, 0.25) is 5.02 Å². The largest absolute Gasteiger partial charge is 0.297 e. The lowest BCUT2D eigenvalue weighted by molar-refractivity contribution is 0.122. The molecule has 1 fully saturated rings. The van der Waals surface area contributed by atoms with Crippen molar-refractivity contribution in [3.63, 3.8) is 0 Å². The van der Waals surface area contributed by atoms with Crippen LogP contribution >= 0.6 is 11.6 Å². The van der Waals surface area contributed by atoms with E-state index in [0.29, 0.717) is 0 Å². The predicted molar refractivity (Wildman–Crippen MR) is 93.2 cm³/mol. The number of halogens is 1. The number of nitrogens with zero attached hydrogens (tertiary/aromatic N) is 3. The summed E-state index contributed by atoms with van der Waals surface area (Å²) >= 11 is 6.05. The molecule has 0 bridgehead atoms. The van der Waals surface area contributed by atoms with Gasteiger partial charge in [-0.25, -0.2) is 0 Å². The quantitative estimate of drug-likeness (QED) is 0.861. The van der Waals surface area contributed by atoms with Crippen LogP contribution in [-0.4, -0.2) is 36.0 Å². The van der Waals surface area contributed by atoms with Crippen LogP contribution in [0.15, 0.2) is 48.5 Å². The lowest BCUT2D eigenvalue weighted by Crippen LogP contribution is -2.45. The zero-order chi connectivity index (χ0) is 16.1. The molecule has 0 N–H and O–H groups in total. The fourth-order valence-corrected chi connectivity index (χ4v) is 3.22. The van der Waals surface area contributed by atoms with Crippen molar-refractivity contribution >= 4 is 11.6 Å². The molecule has 23 heavy (non-hydrogen) atoms. The van der Waals surface area contributed by atoms with Crippen molar-refractivity contribution in [3.05, 3.63) is 70.2 Å². The number of hydrogen-bond acceptors (Lipinski definition) is 3. The molecule has 1 saturated heterocycles. The third-order valence-corrected chi connectivity index (χ3v) is 4.53. The molecule has 0 spiro atoms. The predicted octanol–water partition coefficient (Wildman–Crippen LogP) is 3.53. The second kappa shape index (κ2) is 7.61. The van der Waals surface area contributed by atoms with E-state index in [1.807, 2.05) is 36.4 Å². The highest BCUT2D eigenvalue weighted by molar-refractivity contribution is 6.30. The van der Waals surface area contributed by atoms with Crippen molar-refractivity contribution < 1.29 is 0 Å². The van der Waals surface area contributed by atoms with Gasteiger partial charge in [0.15, 0.2) is 0 Å². The lowest BCUT2D eigenvalue weighted by Gasteiger charge is -2.34. The third kappa shape index (κ3) is 4.33. The van der Waals surface area contributed by atoms with Gasteiger partial charge in [0.2, 0.25) is 0 Å². The second-order valence-corrected chi connectivity index (χ2v) is 6.39. The minimum atomic E-state index is 0.786. The maximum absolute atomic E-state index is 9.19. The van der Waals surface area contributed by atoms with Crippen LogP contribution in [0.1, 0.15) is 16.7 Å². The zero-order valence-electron chi connectivity index (χ0n) is 13.1. The summed E-state index contributed by atoms with van der Waals surface area (Å²) < 4.78 is 0. The lowest BCUT2D eigenvalue weighted by atomic mass is 10.1. The highest BCUT2D eigenvalue weighted by atomic mass is 35.5. The summed E-state index contributed by atoms with van der Waals surface area (Å²) in [5.41, 5.74) is 3.17. The summed E-state index contributed by atoms with van der Waals surface area (Å²) in [6.45, 7) is 5.95. The summed E-state index contributed by atoms with van der Waals surface area (Å²) in [6, 6.07) is 18.2. The van der Waals surface area contributed by atoms with Crippen LogP contribution in [0.5, 0.6) is 0 Å². The van der Waals surface area contributed by atoms with Crippen molar-refractivity contribution in [2.75, 3.05) is 26.2 Å². The molecule has 3 rings (SSSR count). The second-order valence-electron chi connectivity index (χ2n) is 5.95. The molecule has 2 aromatic rings. The Kier molecular flexibility index (Phi) is 5.30. The number of nitriles is 1. The fourth-order valence-electron chi connectivity index (χ4n) is 3.01. The standard InChI is InChI=1S/C19H20ClN3/c20-19-7-3-4-16(12-19)14-22-8-10-23(11-9-22)15-18-6-2-1-5-17(18)13-21/h1-7,12H,8-11,14-15H2. The van der Waals surface area contributed by atoms with E-state index in [2.05, 4.69) is 28.0 Å². The minimum Gasteiger partial charge on any atom is -0.297 e. The van der Waals surface area contributed by atoms with Gasteiger partial charge in [-0.3, -0.25) is 9.80 Å². The molecule has 0 atom stereocenters. The van der Waals surface area contributed by atoms with Crippen molar-refractivity contribution in [3.8, 4) is 6.07 Å². The first-order valence-corrected chi connectivity index (χ1v) is 8.29. The fraction of sp³-hybridized carbons (Fsp3) is 0.316. The Hall–Kier alpha value is -1.86. The average Bonchev–Trinajstić information content (AvgIpc) is 2.57. The normalized spacial score (nSPS) is 16.2. The van der Waals surface area contributed by atoms with Crippen molar-refractivity contribution in [1.82, 2.24) is 9.80 Å². The van der Waals surface area contributed by atoms with Crippen LogP contribution in [0.25, 0.3) is 0 Å². The molecule has 0 unspecified atom stereocenters. The Labute approximate surface area is 142 Å². The summed E-state index contributed by atoms with van der Waals surface area (Å²) in [5, 5.41) is 9.99. The van der Waals surface area contributed by atoms with Crippen LogP contribution < -0.4 is 0 Å². The number of rotatable bonds is 4. The van der Waals surface area contributed by atoms with E-state index in [0.717, 1.165) is 55.4 Å². The average molecular weight is 326 g/mol. The summed E-state index contributed by atoms with van der Waals surface area (Å²) in [4.78, 5) is 4.88. The SMILES string of the molecule is N#Cc1ccccc1CN1CCN(Cc2cccc(Cl)c2)CC1. The number of benzene rings is 2.